The maximum Gasteiger partial charge on any atom is 0.306 e. The maximum atomic E-state index is 12.9. The van der Waals surface area contributed by atoms with Crippen LogP contribution in [0.4, 0.5) is 0 Å². The number of carbonyl (C=O) groups excluding carboxylic acids is 3. The van der Waals surface area contributed by atoms with Crippen molar-refractivity contribution in [2.75, 3.05) is 47.5 Å². The van der Waals surface area contributed by atoms with Gasteiger partial charge in [0.2, 0.25) is 0 Å². The first-order valence-electron chi connectivity index (χ1n) is 31.2. The van der Waals surface area contributed by atoms with E-state index in [1.54, 1.807) is 0 Å². The second-order valence-electron chi connectivity index (χ2n) is 22.0. The number of carboxylic acid groups (broad SMARTS) is 1. The molecule has 0 aromatic rings. The van der Waals surface area contributed by atoms with Gasteiger partial charge in [-0.2, -0.15) is 0 Å². The Balaban J connectivity index is 4.13. The summed E-state index contributed by atoms with van der Waals surface area (Å²) in [5, 5.41) is 11.8. The molecule has 0 N–H and O–H groups in total. The van der Waals surface area contributed by atoms with E-state index in [1.807, 2.05) is 21.1 Å². The van der Waals surface area contributed by atoms with Crippen LogP contribution >= 0.6 is 0 Å². The molecular weight excluding hydrogens is 947 g/mol. The molecule has 0 radical (unpaired) electrons. The molecule has 0 heterocycles. The zero-order valence-electron chi connectivity index (χ0n) is 49.9. The highest BCUT2D eigenvalue weighted by molar-refractivity contribution is 5.70. The van der Waals surface area contributed by atoms with Crippen LogP contribution in [-0.4, -0.2) is 82.3 Å². The van der Waals surface area contributed by atoms with Crippen LogP contribution in [0.2, 0.25) is 0 Å². The second kappa shape index (κ2) is 57.6. The summed E-state index contributed by atoms with van der Waals surface area (Å²) >= 11 is 0. The zero-order chi connectivity index (χ0) is 55.5. The molecule has 0 saturated heterocycles. The maximum absolute atomic E-state index is 12.9. The van der Waals surface area contributed by atoms with Gasteiger partial charge in [0.1, 0.15) is 13.2 Å². The fourth-order valence-corrected chi connectivity index (χ4v) is 8.64. The highest BCUT2D eigenvalue weighted by atomic mass is 16.7. The smallest absolute Gasteiger partial charge is 0.306 e. The van der Waals surface area contributed by atoms with Crippen molar-refractivity contribution in [2.45, 2.75) is 277 Å². The molecule has 0 aliphatic heterocycles. The molecule has 76 heavy (non-hydrogen) atoms. The number of carbonyl (C=O) groups is 3. The summed E-state index contributed by atoms with van der Waals surface area (Å²) in [4.78, 5) is 37.3. The Kier molecular flexibility index (Phi) is 55.0. The summed E-state index contributed by atoms with van der Waals surface area (Å²) < 4.78 is 22.7. The number of ether oxygens (including phenoxy) is 4. The molecule has 9 heteroatoms. The molecule has 0 aromatic heterocycles. The normalized spacial score (nSPS) is 13.3. The summed E-state index contributed by atoms with van der Waals surface area (Å²) in [7, 11) is 5.92. The van der Waals surface area contributed by atoms with Crippen LogP contribution in [0.25, 0.3) is 0 Å². The van der Waals surface area contributed by atoms with E-state index < -0.39 is 24.3 Å². The molecule has 0 aliphatic rings. The van der Waals surface area contributed by atoms with Gasteiger partial charge in [0.05, 0.1) is 40.3 Å². The topological polar surface area (TPSA) is 111 Å². The standard InChI is InChI=1S/C67H117NO8/c1-6-8-10-12-14-16-18-20-22-24-25-26-27-28-29-30-31-32-33-34-35-36-37-38-39-40-41-42-44-46-48-50-52-54-56-58-65(70)76-63(62-75-67(66(71)72)73-60-59-68(3,4)5)61-74-64(69)57-55-53-51-49-47-45-43-23-21-19-17-15-13-11-9-7-2/h8,10,14,16,20,22,25-26,28-29,31-32,34-35,63,67H,6-7,9,11-13,15,17-19,21,23-24,27,30,33,36-62H2,1-5H3/b10-8-,16-14-,22-20-,26-25-,29-28-,32-31-,35-34-. The van der Waals surface area contributed by atoms with E-state index in [4.69, 9.17) is 18.9 Å². The molecule has 0 saturated carbocycles. The van der Waals surface area contributed by atoms with Gasteiger partial charge in [0.15, 0.2) is 12.4 Å². The van der Waals surface area contributed by atoms with Crippen LogP contribution in [0.1, 0.15) is 264 Å². The third kappa shape index (κ3) is 58.2. The monoisotopic (exact) mass is 1060 g/mol. The number of esters is 2. The summed E-state index contributed by atoms with van der Waals surface area (Å²) in [6.45, 7) is 4.65. The van der Waals surface area contributed by atoms with Crippen molar-refractivity contribution < 1.29 is 42.9 Å². The number of unbranched alkanes of at least 4 members (excludes halogenated alkanes) is 28. The zero-order valence-corrected chi connectivity index (χ0v) is 49.9. The van der Waals surface area contributed by atoms with Crippen molar-refractivity contribution in [1.29, 1.82) is 0 Å². The van der Waals surface area contributed by atoms with Crippen LogP contribution in [0.5, 0.6) is 0 Å². The van der Waals surface area contributed by atoms with E-state index in [0.717, 1.165) is 83.5 Å². The molecule has 0 aliphatic carbocycles. The Labute approximate surface area is 468 Å². The molecule has 438 valence electrons. The minimum Gasteiger partial charge on any atom is -0.545 e. The largest absolute Gasteiger partial charge is 0.545 e. The van der Waals surface area contributed by atoms with Gasteiger partial charge in [-0.15, -0.1) is 0 Å². The first-order valence-corrected chi connectivity index (χ1v) is 31.2. The quantitative estimate of drug-likeness (QED) is 0.0195. The van der Waals surface area contributed by atoms with Crippen LogP contribution in [0.3, 0.4) is 0 Å². The van der Waals surface area contributed by atoms with Gasteiger partial charge in [-0.25, -0.2) is 0 Å². The molecule has 0 bridgehead atoms. The number of hydrogen-bond acceptors (Lipinski definition) is 8. The van der Waals surface area contributed by atoms with Crippen LogP contribution in [0.15, 0.2) is 85.1 Å². The van der Waals surface area contributed by atoms with E-state index in [-0.39, 0.29) is 32.2 Å². The van der Waals surface area contributed by atoms with Crippen molar-refractivity contribution in [3.05, 3.63) is 85.1 Å². The number of aliphatic carboxylic acids is 1. The Hall–Kier alpha value is -3.53. The van der Waals surface area contributed by atoms with Crippen LogP contribution in [0, 0.1) is 0 Å². The van der Waals surface area contributed by atoms with Gasteiger partial charge < -0.3 is 33.3 Å². The lowest BCUT2D eigenvalue weighted by molar-refractivity contribution is -0.870. The van der Waals surface area contributed by atoms with Crippen molar-refractivity contribution in [2.24, 2.45) is 0 Å². The lowest BCUT2D eigenvalue weighted by Crippen LogP contribution is -2.44. The first kappa shape index (κ1) is 72.5. The molecule has 0 aromatic carbocycles. The Bertz CT molecular complexity index is 1520. The van der Waals surface area contributed by atoms with Gasteiger partial charge in [-0.1, -0.05) is 266 Å². The van der Waals surface area contributed by atoms with Gasteiger partial charge in [0.25, 0.3) is 0 Å². The minimum atomic E-state index is -1.62. The predicted molar refractivity (Wildman–Crippen MR) is 320 cm³/mol. The van der Waals surface area contributed by atoms with Gasteiger partial charge >= 0.3 is 11.9 Å². The van der Waals surface area contributed by atoms with E-state index in [1.165, 1.54) is 148 Å². The van der Waals surface area contributed by atoms with Crippen LogP contribution < -0.4 is 5.11 Å². The summed E-state index contributed by atoms with van der Waals surface area (Å²) in [5.74, 6) is -2.28. The lowest BCUT2D eigenvalue weighted by Gasteiger charge is -2.26. The number of nitrogens with zero attached hydrogens (tertiary/aromatic N) is 1. The van der Waals surface area contributed by atoms with Gasteiger partial charge in [-0.05, 0) is 70.6 Å². The number of allylic oxidation sites excluding steroid dienone is 14. The molecule has 9 nitrogen and oxygen atoms in total. The first-order chi connectivity index (χ1) is 37.1. The molecule has 2 atom stereocenters. The average Bonchev–Trinajstić information content (AvgIpc) is 3.39. The van der Waals surface area contributed by atoms with E-state index in [2.05, 4.69) is 98.9 Å². The van der Waals surface area contributed by atoms with E-state index in [0.29, 0.717) is 23.9 Å². The Morgan fingerprint density at radius 1 is 0.408 bits per heavy atom. The highest BCUT2D eigenvalue weighted by Crippen LogP contribution is 2.17. The Morgan fingerprint density at radius 2 is 0.750 bits per heavy atom. The number of likely N-dealkylation sites (N-methyl/N-ethyl adjacent to an activating group) is 1. The van der Waals surface area contributed by atoms with Crippen molar-refractivity contribution in [3.63, 3.8) is 0 Å². The van der Waals surface area contributed by atoms with Crippen molar-refractivity contribution >= 4 is 17.9 Å². The number of hydrogen-bond donors (Lipinski definition) is 0. The highest BCUT2D eigenvalue weighted by Gasteiger charge is 2.22. The van der Waals surface area contributed by atoms with Gasteiger partial charge in [0, 0.05) is 12.8 Å². The summed E-state index contributed by atoms with van der Waals surface area (Å²) in [5.41, 5.74) is 0. The molecule has 0 rings (SSSR count). The fourth-order valence-electron chi connectivity index (χ4n) is 8.64. The van der Waals surface area contributed by atoms with E-state index in [9.17, 15) is 19.5 Å². The minimum absolute atomic E-state index is 0.147. The number of quaternary nitrogens is 1. The van der Waals surface area contributed by atoms with Gasteiger partial charge in [-0.3, -0.25) is 9.59 Å². The van der Waals surface area contributed by atoms with Crippen molar-refractivity contribution in [3.8, 4) is 0 Å². The van der Waals surface area contributed by atoms with Crippen LogP contribution in [-0.2, 0) is 33.3 Å². The number of rotatable bonds is 57. The molecule has 0 fully saturated rings. The Morgan fingerprint density at radius 3 is 1.12 bits per heavy atom. The summed E-state index contributed by atoms with van der Waals surface area (Å²) in [6, 6.07) is 0. The molecule has 2 unspecified atom stereocenters. The second-order valence-corrected chi connectivity index (χ2v) is 22.0. The van der Waals surface area contributed by atoms with E-state index >= 15 is 0 Å². The lowest BCUT2D eigenvalue weighted by atomic mass is 10.0. The SMILES string of the molecule is CC/C=C\C/C=C\C/C=C\C/C=C\C/C=C\C/C=C\C/C=C\CCCCCCCCCCCCCCCC(=O)OC(COC(=O)CCCCCCCCCCCCCCCCCC)COC(OCC[N+](C)(C)C)C(=O)[O-]. The molecular formula is C67H117NO8. The average molecular weight is 1060 g/mol. The van der Waals surface area contributed by atoms with Crippen molar-refractivity contribution in [1.82, 2.24) is 0 Å². The third-order valence-corrected chi connectivity index (χ3v) is 13.4. The summed E-state index contributed by atoms with van der Waals surface area (Å²) in [6.07, 6.45) is 73.5. The molecule has 0 spiro atoms. The fraction of sp³-hybridized carbons (Fsp3) is 0.746. The third-order valence-electron chi connectivity index (χ3n) is 13.4. The predicted octanol–water partition coefficient (Wildman–Crippen LogP) is 17.4. The number of carboxylic acids is 1. The molecule has 0 amide bonds.